The minimum Gasteiger partial charge on any atom is -0.300 e. The number of rotatable bonds is 1. The minimum absolute atomic E-state index is 0. The molecule has 0 atom stereocenters. The summed E-state index contributed by atoms with van der Waals surface area (Å²) in [5, 5.41) is 4.06. The Morgan fingerprint density at radius 3 is 2.71 bits per heavy atom. The van der Waals surface area contributed by atoms with E-state index in [1.165, 1.54) is 4.68 Å². The van der Waals surface area contributed by atoms with Crippen LogP contribution in [0.3, 0.4) is 0 Å². The highest BCUT2D eigenvalue weighted by atomic mass is 35.5. The molecule has 0 N–H and O–H groups in total. The fourth-order valence-corrected chi connectivity index (χ4v) is 2.83. The number of fused-ring (bicyclic) bond motifs is 5. The van der Waals surface area contributed by atoms with Gasteiger partial charge in [-0.15, -0.1) is 12.4 Å². The molecule has 0 bridgehead atoms. The number of aryl methyl sites for hydroxylation is 1. The number of para-hydroxylation sites is 1. The van der Waals surface area contributed by atoms with Crippen molar-refractivity contribution in [3.8, 4) is 17.1 Å². The summed E-state index contributed by atoms with van der Waals surface area (Å²) < 4.78 is 41.4. The Bertz CT molecular complexity index is 897. The predicted molar refractivity (Wildman–Crippen MR) is 83.4 cm³/mol. The molecule has 0 saturated carbocycles. The number of hydrogen-bond donors (Lipinski definition) is 0. The summed E-state index contributed by atoms with van der Waals surface area (Å²) in [5.41, 5.74) is 3.29. The Morgan fingerprint density at radius 2 is 1.96 bits per heavy atom. The van der Waals surface area contributed by atoms with Crippen molar-refractivity contribution in [1.29, 1.82) is 0 Å². The SMILES string of the molecule is Cc1ncn2c1Cn1nc(CC(F)(F)F)nc1-c1ccccc1-2.Cl. The first-order valence-electron chi connectivity index (χ1n) is 7.05. The maximum Gasteiger partial charge on any atom is 0.396 e. The van der Waals surface area contributed by atoms with Gasteiger partial charge in [0.2, 0.25) is 0 Å². The Kier molecular flexibility index (Phi) is 3.87. The average molecular weight is 356 g/mol. The molecule has 0 fully saturated rings. The van der Waals surface area contributed by atoms with Crippen LogP contribution in [-0.4, -0.2) is 30.5 Å². The van der Waals surface area contributed by atoms with Crippen molar-refractivity contribution in [3.63, 3.8) is 0 Å². The van der Waals surface area contributed by atoms with E-state index in [4.69, 9.17) is 0 Å². The standard InChI is InChI=1S/C15H12F3N5.ClH/c1-9-12-7-23-14(20-13(21-23)6-15(16,17)18)10-4-2-3-5-11(10)22(12)8-19-9;/h2-5,8H,6-7H2,1H3;1H. The highest BCUT2D eigenvalue weighted by Crippen LogP contribution is 2.32. The molecule has 2 aromatic heterocycles. The largest absolute Gasteiger partial charge is 0.396 e. The molecule has 3 aromatic rings. The van der Waals surface area contributed by atoms with Crippen LogP contribution in [0.1, 0.15) is 17.2 Å². The summed E-state index contributed by atoms with van der Waals surface area (Å²) in [6.07, 6.45) is -3.75. The molecular formula is C15H13ClF3N5. The third kappa shape index (κ3) is 2.66. The number of halogens is 4. The van der Waals surface area contributed by atoms with Gasteiger partial charge in [-0.25, -0.2) is 14.6 Å². The van der Waals surface area contributed by atoms with Gasteiger partial charge in [-0.2, -0.15) is 18.3 Å². The second-order valence-electron chi connectivity index (χ2n) is 5.47. The van der Waals surface area contributed by atoms with Crippen LogP contribution < -0.4 is 0 Å². The molecule has 1 aromatic carbocycles. The first kappa shape index (κ1) is 16.5. The molecule has 3 heterocycles. The van der Waals surface area contributed by atoms with E-state index in [1.54, 1.807) is 6.33 Å². The fourth-order valence-electron chi connectivity index (χ4n) is 2.83. The first-order chi connectivity index (χ1) is 10.9. The molecule has 0 unspecified atom stereocenters. The van der Waals surface area contributed by atoms with Crippen molar-refractivity contribution < 1.29 is 13.2 Å². The van der Waals surface area contributed by atoms with Crippen LogP contribution in [0.25, 0.3) is 17.1 Å². The number of hydrogen-bond acceptors (Lipinski definition) is 3. The molecule has 1 aliphatic heterocycles. The lowest BCUT2D eigenvalue weighted by Crippen LogP contribution is -2.13. The lowest BCUT2D eigenvalue weighted by molar-refractivity contribution is -0.128. The lowest BCUT2D eigenvalue weighted by Gasteiger charge is -2.07. The quantitative estimate of drug-likeness (QED) is 0.526. The van der Waals surface area contributed by atoms with Crippen molar-refractivity contribution in [1.82, 2.24) is 24.3 Å². The van der Waals surface area contributed by atoms with Crippen LogP contribution in [-0.2, 0) is 13.0 Å². The number of imidazole rings is 1. The van der Waals surface area contributed by atoms with Gasteiger partial charge in [0.1, 0.15) is 6.42 Å². The topological polar surface area (TPSA) is 48.5 Å². The van der Waals surface area contributed by atoms with Gasteiger partial charge in [0.15, 0.2) is 11.6 Å². The second-order valence-corrected chi connectivity index (χ2v) is 5.47. The molecule has 0 amide bonds. The van der Waals surface area contributed by atoms with E-state index in [9.17, 15) is 13.2 Å². The monoisotopic (exact) mass is 355 g/mol. The van der Waals surface area contributed by atoms with Gasteiger partial charge >= 0.3 is 6.18 Å². The third-order valence-electron chi connectivity index (χ3n) is 3.85. The van der Waals surface area contributed by atoms with Gasteiger partial charge in [0, 0.05) is 5.56 Å². The van der Waals surface area contributed by atoms with E-state index in [2.05, 4.69) is 15.1 Å². The molecule has 1 aliphatic rings. The maximum atomic E-state index is 12.6. The summed E-state index contributed by atoms with van der Waals surface area (Å²) >= 11 is 0. The predicted octanol–water partition coefficient (Wildman–Crippen LogP) is 3.33. The number of alkyl halides is 3. The Balaban J connectivity index is 0.00000169. The zero-order valence-electron chi connectivity index (χ0n) is 12.6. The summed E-state index contributed by atoms with van der Waals surface area (Å²) in [5.74, 6) is 0.232. The molecule has 5 nitrogen and oxygen atoms in total. The second kappa shape index (κ2) is 5.62. The summed E-state index contributed by atoms with van der Waals surface area (Å²) in [4.78, 5) is 8.43. The molecular weight excluding hydrogens is 343 g/mol. The van der Waals surface area contributed by atoms with Crippen LogP contribution in [0.2, 0.25) is 0 Å². The van der Waals surface area contributed by atoms with E-state index in [-0.39, 0.29) is 18.2 Å². The number of aromatic nitrogens is 5. The van der Waals surface area contributed by atoms with E-state index >= 15 is 0 Å². The van der Waals surface area contributed by atoms with Gasteiger partial charge in [0.25, 0.3) is 0 Å². The zero-order valence-corrected chi connectivity index (χ0v) is 13.4. The first-order valence-corrected chi connectivity index (χ1v) is 7.05. The van der Waals surface area contributed by atoms with Gasteiger partial charge < -0.3 is 4.57 Å². The lowest BCUT2D eigenvalue weighted by atomic mass is 10.1. The molecule has 24 heavy (non-hydrogen) atoms. The van der Waals surface area contributed by atoms with E-state index < -0.39 is 12.6 Å². The molecule has 0 aliphatic carbocycles. The smallest absolute Gasteiger partial charge is 0.300 e. The van der Waals surface area contributed by atoms with Gasteiger partial charge in [-0.1, -0.05) is 12.1 Å². The van der Waals surface area contributed by atoms with Crippen molar-refractivity contribution in [2.24, 2.45) is 0 Å². The van der Waals surface area contributed by atoms with Crippen LogP contribution in [0, 0.1) is 6.92 Å². The average Bonchev–Trinajstić information content (AvgIpc) is 2.99. The van der Waals surface area contributed by atoms with Crippen LogP contribution in [0.4, 0.5) is 13.2 Å². The summed E-state index contributed by atoms with van der Waals surface area (Å²) in [7, 11) is 0. The van der Waals surface area contributed by atoms with Crippen LogP contribution in [0.5, 0.6) is 0 Å². The van der Waals surface area contributed by atoms with E-state index in [0.717, 1.165) is 22.6 Å². The number of nitrogens with zero attached hydrogens (tertiary/aromatic N) is 5. The summed E-state index contributed by atoms with van der Waals surface area (Å²) in [6.45, 7) is 2.20. The van der Waals surface area contributed by atoms with Crippen molar-refractivity contribution in [2.45, 2.75) is 26.1 Å². The molecule has 126 valence electrons. The molecule has 0 radical (unpaired) electrons. The third-order valence-corrected chi connectivity index (χ3v) is 3.85. The Morgan fingerprint density at radius 1 is 1.21 bits per heavy atom. The van der Waals surface area contributed by atoms with Gasteiger partial charge in [0.05, 0.1) is 29.9 Å². The molecule has 0 spiro atoms. The summed E-state index contributed by atoms with van der Waals surface area (Å²) in [6, 6.07) is 7.43. The molecule has 4 rings (SSSR count). The Hall–Kier alpha value is -2.35. The van der Waals surface area contributed by atoms with E-state index in [1.807, 2.05) is 35.8 Å². The minimum atomic E-state index is -4.33. The van der Waals surface area contributed by atoms with Crippen LogP contribution in [0.15, 0.2) is 30.6 Å². The fraction of sp³-hybridized carbons (Fsp3) is 0.267. The van der Waals surface area contributed by atoms with Crippen molar-refractivity contribution >= 4 is 12.4 Å². The molecule has 9 heteroatoms. The van der Waals surface area contributed by atoms with E-state index in [0.29, 0.717) is 12.4 Å². The zero-order chi connectivity index (χ0) is 16.2. The van der Waals surface area contributed by atoms with Crippen molar-refractivity contribution in [3.05, 3.63) is 47.8 Å². The van der Waals surface area contributed by atoms with Crippen LogP contribution >= 0.6 is 12.4 Å². The maximum absolute atomic E-state index is 12.6. The number of benzene rings is 1. The highest BCUT2D eigenvalue weighted by molar-refractivity contribution is 5.85. The van der Waals surface area contributed by atoms with Gasteiger partial charge in [-0.05, 0) is 19.1 Å². The highest BCUT2D eigenvalue weighted by Gasteiger charge is 2.32. The van der Waals surface area contributed by atoms with Gasteiger partial charge in [-0.3, -0.25) is 0 Å². The van der Waals surface area contributed by atoms with Crippen molar-refractivity contribution in [2.75, 3.05) is 0 Å². The molecule has 0 saturated heterocycles. The normalized spacial score (nSPS) is 12.7. The Labute approximate surface area is 141 Å².